The predicted molar refractivity (Wildman–Crippen MR) is 140 cm³/mol. The van der Waals surface area contributed by atoms with E-state index in [2.05, 4.69) is 11.4 Å². The molecule has 9 heteroatoms. The molecule has 2 heterocycles. The van der Waals surface area contributed by atoms with Crippen LogP contribution in [0.2, 0.25) is 0 Å². The molecule has 3 amide bonds. The van der Waals surface area contributed by atoms with E-state index >= 15 is 0 Å². The molecule has 2 saturated heterocycles. The van der Waals surface area contributed by atoms with Crippen molar-refractivity contribution in [2.75, 3.05) is 20.8 Å². The Balaban J connectivity index is 1.29. The molecule has 2 aliphatic heterocycles. The molecule has 1 aromatic rings. The second-order valence-corrected chi connectivity index (χ2v) is 11.2. The number of likely N-dealkylation sites (tertiary alicyclic amines) is 1. The zero-order valence-electron chi connectivity index (χ0n) is 22.7. The maximum absolute atomic E-state index is 13.7. The van der Waals surface area contributed by atoms with Gasteiger partial charge >= 0.3 is 0 Å². The molecule has 0 bridgehead atoms. The number of hydrogen-bond acceptors (Lipinski definition) is 6. The fraction of sp³-hybridized carbons (Fsp3) is 0.621. The highest BCUT2D eigenvalue weighted by Crippen LogP contribution is 2.64. The number of methoxy groups -OCH3 is 2. The van der Waals surface area contributed by atoms with Crippen LogP contribution in [0.3, 0.4) is 0 Å². The lowest BCUT2D eigenvalue weighted by Gasteiger charge is -2.36. The third-order valence-electron chi connectivity index (χ3n) is 8.77. The number of benzene rings is 1. The lowest BCUT2D eigenvalue weighted by molar-refractivity contribution is -0.187. The topological polar surface area (TPSA) is 97.4 Å². The first kappa shape index (κ1) is 26.8. The molecule has 1 aromatic carbocycles. The number of hydrogen-bond donors (Lipinski definition) is 1. The van der Waals surface area contributed by atoms with E-state index in [1.54, 1.807) is 21.1 Å². The fourth-order valence-electron chi connectivity index (χ4n) is 6.24. The van der Waals surface area contributed by atoms with Crippen molar-refractivity contribution in [2.24, 2.45) is 11.3 Å². The summed E-state index contributed by atoms with van der Waals surface area (Å²) in [6, 6.07) is 8.60. The SMILES string of the molecule is CO[C@H]([C@@H](C)C(=O)N[C@@H](Cc1ccccc1)C(=O)N1OC2CC23C=CC13)[C@@H]1CCCN1C(=O)C[C@H](C)OC. The van der Waals surface area contributed by atoms with Gasteiger partial charge in [-0.25, -0.2) is 5.06 Å². The molecular formula is C29H39N3O6. The Kier molecular flexibility index (Phi) is 7.62. The standard InChI is InChI=1S/C29H39N3O6/c1-18(36-3)15-25(33)31-14-8-11-22(31)26(37-4)19(2)27(34)30-21(16-20-9-6-5-7-10-20)28(35)32-23-12-13-29(23)17-24(29)38-32/h5-7,9-10,12-13,18-19,21-24,26H,8,11,14-17H2,1-4H3,(H,30,34)/t18-,19+,21-,22-,23?,24?,26+,29?/m0/s1. The molecule has 9 nitrogen and oxygen atoms in total. The van der Waals surface area contributed by atoms with Crippen LogP contribution in [0.15, 0.2) is 42.5 Å². The Morgan fingerprint density at radius 2 is 1.92 bits per heavy atom. The van der Waals surface area contributed by atoms with Crippen LogP contribution >= 0.6 is 0 Å². The second kappa shape index (κ2) is 10.8. The number of ether oxygens (including phenoxy) is 2. The Hall–Kier alpha value is -2.75. The maximum Gasteiger partial charge on any atom is 0.269 e. The van der Waals surface area contributed by atoms with Crippen LogP contribution in [0, 0.1) is 11.3 Å². The zero-order chi connectivity index (χ0) is 27.0. The average molecular weight is 526 g/mol. The monoisotopic (exact) mass is 525 g/mol. The van der Waals surface area contributed by atoms with Crippen LogP contribution in [-0.2, 0) is 35.1 Å². The molecule has 4 aliphatic rings. The third-order valence-corrected chi connectivity index (χ3v) is 8.77. The van der Waals surface area contributed by atoms with Crippen LogP contribution < -0.4 is 5.32 Å². The first-order chi connectivity index (χ1) is 18.3. The summed E-state index contributed by atoms with van der Waals surface area (Å²) in [7, 11) is 3.17. The smallest absolute Gasteiger partial charge is 0.269 e. The van der Waals surface area contributed by atoms with Gasteiger partial charge in [-0.3, -0.25) is 19.2 Å². The normalized spacial score (nSPS) is 30.1. The summed E-state index contributed by atoms with van der Waals surface area (Å²) in [6.07, 6.45) is 6.70. The van der Waals surface area contributed by atoms with E-state index in [0.717, 1.165) is 24.8 Å². The van der Waals surface area contributed by atoms with E-state index < -0.39 is 18.1 Å². The Labute approximate surface area is 224 Å². The summed E-state index contributed by atoms with van der Waals surface area (Å²) in [5.41, 5.74) is 0.926. The summed E-state index contributed by atoms with van der Waals surface area (Å²) in [6.45, 7) is 4.30. The van der Waals surface area contributed by atoms with Crippen molar-refractivity contribution in [3.63, 3.8) is 0 Å². The van der Waals surface area contributed by atoms with Crippen LogP contribution in [0.25, 0.3) is 0 Å². The summed E-state index contributed by atoms with van der Waals surface area (Å²) < 4.78 is 11.1. The first-order valence-electron chi connectivity index (χ1n) is 13.7. The quantitative estimate of drug-likeness (QED) is 0.445. The molecule has 2 aliphatic carbocycles. The predicted octanol–water partition coefficient (Wildman–Crippen LogP) is 2.25. The van der Waals surface area contributed by atoms with Gasteiger partial charge in [0.2, 0.25) is 11.8 Å². The molecular weight excluding hydrogens is 486 g/mol. The number of carbonyl (C=O) groups is 3. The van der Waals surface area contributed by atoms with Crippen molar-refractivity contribution >= 4 is 17.7 Å². The van der Waals surface area contributed by atoms with Crippen LogP contribution in [-0.4, -0.2) is 84.9 Å². The van der Waals surface area contributed by atoms with Gasteiger partial charge in [0, 0.05) is 32.6 Å². The molecule has 3 fully saturated rings. The largest absolute Gasteiger partial charge is 0.381 e. The van der Waals surface area contributed by atoms with Gasteiger partial charge in [-0.05, 0) is 31.7 Å². The van der Waals surface area contributed by atoms with Gasteiger partial charge in [-0.1, -0.05) is 49.4 Å². The van der Waals surface area contributed by atoms with E-state index in [1.807, 2.05) is 48.2 Å². The number of rotatable bonds is 11. The second-order valence-electron chi connectivity index (χ2n) is 11.2. The number of nitrogens with zero attached hydrogens (tertiary/aromatic N) is 2. The average Bonchev–Trinajstić information content (AvgIpc) is 3.38. The molecule has 5 rings (SSSR count). The first-order valence-corrected chi connectivity index (χ1v) is 13.7. The highest BCUT2D eigenvalue weighted by atomic mass is 16.7. The number of amides is 3. The van der Waals surface area contributed by atoms with Crippen molar-refractivity contribution in [1.82, 2.24) is 15.3 Å². The van der Waals surface area contributed by atoms with Crippen LogP contribution in [0.5, 0.6) is 0 Å². The Bertz CT molecular complexity index is 1080. The molecule has 1 N–H and O–H groups in total. The summed E-state index contributed by atoms with van der Waals surface area (Å²) in [4.78, 5) is 48.0. The molecule has 1 saturated carbocycles. The molecule has 0 aromatic heterocycles. The fourth-order valence-corrected chi connectivity index (χ4v) is 6.24. The van der Waals surface area contributed by atoms with Gasteiger partial charge < -0.3 is 19.7 Å². The molecule has 1 spiro atoms. The van der Waals surface area contributed by atoms with E-state index in [-0.39, 0.29) is 53.8 Å². The lowest BCUT2D eigenvalue weighted by atomic mass is 9.85. The van der Waals surface area contributed by atoms with Gasteiger partial charge in [0.05, 0.1) is 42.7 Å². The van der Waals surface area contributed by atoms with E-state index in [4.69, 9.17) is 14.3 Å². The third kappa shape index (κ3) is 4.87. The van der Waals surface area contributed by atoms with Gasteiger partial charge in [0.1, 0.15) is 6.04 Å². The highest BCUT2D eigenvalue weighted by molar-refractivity contribution is 5.89. The summed E-state index contributed by atoms with van der Waals surface area (Å²) in [5.74, 6) is -1.09. The number of hydroxylamine groups is 2. The van der Waals surface area contributed by atoms with Crippen molar-refractivity contribution in [1.29, 1.82) is 0 Å². The molecule has 8 atom stereocenters. The Morgan fingerprint density at radius 3 is 2.55 bits per heavy atom. The van der Waals surface area contributed by atoms with Crippen molar-refractivity contribution in [3.8, 4) is 0 Å². The van der Waals surface area contributed by atoms with Crippen molar-refractivity contribution in [3.05, 3.63) is 48.0 Å². The maximum atomic E-state index is 13.7. The van der Waals surface area contributed by atoms with E-state index in [9.17, 15) is 14.4 Å². The van der Waals surface area contributed by atoms with Gasteiger partial charge in [-0.2, -0.15) is 0 Å². The van der Waals surface area contributed by atoms with E-state index in [0.29, 0.717) is 13.0 Å². The number of carbonyl (C=O) groups excluding carboxylic acids is 3. The molecule has 38 heavy (non-hydrogen) atoms. The van der Waals surface area contributed by atoms with Crippen LogP contribution in [0.4, 0.5) is 0 Å². The lowest BCUT2D eigenvalue weighted by Crippen LogP contribution is -2.56. The zero-order valence-corrected chi connectivity index (χ0v) is 22.7. The van der Waals surface area contributed by atoms with E-state index in [1.165, 1.54) is 5.06 Å². The number of nitrogens with one attached hydrogen (secondary N) is 1. The highest BCUT2D eigenvalue weighted by Gasteiger charge is 2.71. The minimum Gasteiger partial charge on any atom is -0.381 e. The Morgan fingerprint density at radius 1 is 1.16 bits per heavy atom. The minimum absolute atomic E-state index is 0.000805. The molecule has 3 unspecified atom stereocenters. The molecule has 0 radical (unpaired) electrons. The summed E-state index contributed by atoms with van der Waals surface area (Å²) >= 11 is 0. The van der Waals surface area contributed by atoms with Crippen molar-refractivity contribution < 1.29 is 28.7 Å². The van der Waals surface area contributed by atoms with Gasteiger partial charge in [0.25, 0.3) is 5.91 Å². The van der Waals surface area contributed by atoms with Gasteiger partial charge in [-0.15, -0.1) is 0 Å². The summed E-state index contributed by atoms with van der Waals surface area (Å²) in [5, 5.41) is 4.48. The van der Waals surface area contributed by atoms with Crippen LogP contribution in [0.1, 0.15) is 45.1 Å². The van der Waals surface area contributed by atoms with Crippen molar-refractivity contribution in [2.45, 2.75) is 82.4 Å². The minimum atomic E-state index is -0.780. The molecule has 206 valence electrons. The van der Waals surface area contributed by atoms with Gasteiger partial charge in [0.15, 0.2) is 0 Å².